The van der Waals surface area contributed by atoms with Crippen LogP contribution in [0.2, 0.25) is 0 Å². The second-order valence-corrected chi connectivity index (χ2v) is 4.75. The van der Waals surface area contributed by atoms with Gasteiger partial charge in [-0.15, -0.1) is 0 Å². The van der Waals surface area contributed by atoms with Gasteiger partial charge in [0.15, 0.2) is 0 Å². The molecular formula is C16H12N4O. The Morgan fingerprint density at radius 2 is 1.95 bits per heavy atom. The maximum Gasteiger partial charge on any atom is 0.300 e. The molecule has 0 saturated heterocycles. The quantitative estimate of drug-likeness (QED) is 0.549. The van der Waals surface area contributed by atoms with Crippen LogP contribution in [0.3, 0.4) is 0 Å². The highest BCUT2D eigenvalue weighted by atomic mass is 16.5. The number of benzene rings is 2. The zero-order valence-electron chi connectivity index (χ0n) is 11.1. The zero-order valence-corrected chi connectivity index (χ0v) is 11.1. The van der Waals surface area contributed by atoms with E-state index < -0.39 is 0 Å². The van der Waals surface area contributed by atoms with E-state index in [0.717, 1.165) is 21.9 Å². The van der Waals surface area contributed by atoms with E-state index in [-0.39, 0.29) is 0 Å². The number of nitrogens with one attached hydrogen (secondary N) is 1. The maximum absolute atomic E-state index is 5.87. The summed E-state index contributed by atoms with van der Waals surface area (Å²) in [5.74, 6) is 0.715. The number of aromatic amines is 1. The fourth-order valence-electron chi connectivity index (χ4n) is 2.32. The van der Waals surface area contributed by atoms with Gasteiger partial charge in [-0.05, 0) is 42.5 Å². The number of nitrogen functional groups attached to an aromatic ring is 1. The first-order valence-electron chi connectivity index (χ1n) is 6.56. The van der Waals surface area contributed by atoms with Gasteiger partial charge in [0.05, 0.1) is 16.6 Å². The highest BCUT2D eigenvalue weighted by Gasteiger charge is 2.08. The Kier molecular flexibility index (Phi) is 2.50. The fraction of sp³-hybridized carbons (Fsp3) is 0. The van der Waals surface area contributed by atoms with Crippen LogP contribution >= 0.6 is 0 Å². The first-order chi connectivity index (χ1) is 10.3. The molecule has 0 atom stereocenters. The van der Waals surface area contributed by atoms with Crippen LogP contribution in [0, 0.1) is 0 Å². The lowest BCUT2D eigenvalue weighted by atomic mass is 10.2. The Labute approximate surface area is 120 Å². The van der Waals surface area contributed by atoms with Gasteiger partial charge in [-0.2, -0.15) is 4.98 Å². The van der Waals surface area contributed by atoms with Crippen LogP contribution in [-0.2, 0) is 0 Å². The molecule has 0 spiro atoms. The molecule has 21 heavy (non-hydrogen) atoms. The van der Waals surface area contributed by atoms with Crippen molar-refractivity contribution >= 4 is 27.6 Å². The molecule has 5 nitrogen and oxygen atoms in total. The van der Waals surface area contributed by atoms with Crippen LogP contribution in [0.4, 0.5) is 5.69 Å². The normalized spacial score (nSPS) is 11.0. The van der Waals surface area contributed by atoms with Gasteiger partial charge in [-0.1, -0.05) is 6.07 Å². The third-order valence-electron chi connectivity index (χ3n) is 3.30. The Morgan fingerprint density at radius 1 is 1.00 bits per heavy atom. The van der Waals surface area contributed by atoms with Crippen LogP contribution in [0.25, 0.3) is 21.9 Å². The number of ether oxygens (including phenoxy) is 1. The van der Waals surface area contributed by atoms with Gasteiger partial charge in [0, 0.05) is 17.3 Å². The number of rotatable bonds is 2. The summed E-state index contributed by atoms with van der Waals surface area (Å²) in [5, 5.41) is 0.944. The molecule has 0 fully saturated rings. The standard InChI is InChI=1S/C16H12N4O/c17-10-6-7-13-14(9-10)20-16(19-13)21-15-5-1-4-12-11(15)3-2-8-18-12/h1-9H,17H2,(H,19,20). The summed E-state index contributed by atoms with van der Waals surface area (Å²) < 4.78 is 5.87. The molecule has 0 radical (unpaired) electrons. The first-order valence-corrected chi connectivity index (χ1v) is 6.56. The minimum absolute atomic E-state index is 0.437. The molecule has 0 bridgehead atoms. The Hall–Kier alpha value is -3.08. The molecule has 4 aromatic rings. The molecule has 0 saturated carbocycles. The van der Waals surface area contributed by atoms with E-state index in [0.29, 0.717) is 17.4 Å². The number of pyridine rings is 1. The first kappa shape index (κ1) is 11.7. The lowest BCUT2D eigenvalue weighted by Gasteiger charge is -2.05. The summed E-state index contributed by atoms with van der Waals surface area (Å²) in [6.07, 6.45) is 1.76. The van der Waals surface area contributed by atoms with E-state index in [4.69, 9.17) is 10.5 Å². The molecule has 102 valence electrons. The molecule has 0 unspecified atom stereocenters. The molecule has 0 amide bonds. The molecule has 0 aliphatic heterocycles. The van der Waals surface area contributed by atoms with Crippen molar-refractivity contribution in [2.75, 3.05) is 5.73 Å². The largest absolute Gasteiger partial charge is 0.425 e. The van der Waals surface area contributed by atoms with Gasteiger partial charge in [-0.25, -0.2) is 0 Å². The minimum Gasteiger partial charge on any atom is -0.425 e. The molecule has 5 heteroatoms. The molecule has 0 aliphatic rings. The number of imidazole rings is 1. The average Bonchev–Trinajstić information content (AvgIpc) is 2.89. The maximum atomic E-state index is 5.87. The van der Waals surface area contributed by atoms with Crippen LogP contribution in [0.15, 0.2) is 54.7 Å². The van der Waals surface area contributed by atoms with Gasteiger partial charge >= 0.3 is 0 Å². The summed E-state index contributed by atoms with van der Waals surface area (Å²) >= 11 is 0. The van der Waals surface area contributed by atoms with Gasteiger partial charge in [-0.3, -0.25) is 4.98 Å². The molecule has 0 aliphatic carbocycles. The third kappa shape index (κ3) is 2.04. The highest BCUT2D eigenvalue weighted by molar-refractivity contribution is 5.85. The van der Waals surface area contributed by atoms with E-state index in [1.54, 1.807) is 6.20 Å². The Morgan fingerprint density at radius 3 is 2.90 bits per heavy atom. The topological polar surface area (TPSA) is 76.8 Å². The van der Waals surface area contributed by atoms with E-state index in [2.05, 4.69) is 15.0 Å². The minimum atomic E-state index is 0.437. The van der Waals surface area contributed by atoms with E-state index in [1.807, 2.05) is 48.5 Å². The summed E-state index contributed by atoms with van der Waals surface area (Å²) in [4.78, 5) is 11.8. The lowest BCUT2D eigenvalue weighted by molar-refractivity contribution is 0.454. The molecule has 2 aromatic heterocycles. The third-order valence-corrected chi connectivity index (χ3v) is 3.30. The van der Waals surface area contributed by atoms with E-state index in [9.17, 15) is 0 Å². The SMILES string of the molecule is Nc1ccc2nc(Oc3cccc4ncccc34)[nH]c2c1. The average molecular weight is 276 g/mol. The number of anilines is 1. The van der Waals surface area contributed by atoms with Crippen molar-refractivity contribution in [2.24, 2.45) is 0 Å². The number of hydrogen-bond acceptors (Lipinski definition) is 4. The predicted molar refractivity (Wildman–Crippen MR) is 82.3 cm³/mol. The summed E-state index contributed by atoms with van der Waals surface area (Å²) in [5.41, 5.74) is 9.00. The van der Waals surface area contributed by atoms with Crippen molar-refractivity contribution < 1.29 is 4.74 Å². The number of hydrogen-bond donors (Lipinski definition) is 2. The van der Waals surface area contributed by atoms with Crippen molar-refractivity contribution in [3.05, 3.63) is 54.7 Å². The molecule has 2 aromatic carbocycles. The van der Waals surface area contributed by atoms with Crippen molar-refractivity contribution in [3.8, 4) is 11.8 Å². The number of nitrogens with zero attached hydrogens (tertiary/aromatic N) is 2. The number of nitrogens with two attached hydrogens (primary N) is 1. The molecule has 3 N–H and O–H groups in total. The summed E-state index contributed by atoms with van der Waals surface area (Å²) in [6.45, 7) is 0. The van der Waals surface area contributed by atoms with Gasteiger partial charge in [0.25, 0.3) is 6.01 Å². The monoisotopic (exact) mass is 276 g/mol. The van der Waals surface area contributed by atoms with E-state index >= 15 is 0 Å². The number of H-pyrrole nitrogens is 1. The molecular weight excluding hydrogens is 264 g/mol. The van der Waals surface area contributed by atoms with Crippen molar-refractivity contribution in [1.29, 1.82) is 0 Å². The summed E-state index contributed by atoms with van der Waals surface area (Å²) in [7, 11) is 0. The smallest absolute Gasteiger partial charge is 0.300 e. The van der Waals surface area contributed by atoms with Crippen molar-refractivity contribution in [1.82, 2.24) is 15.0 Å². The van der Waals surface area contributed by atoms with Crippen molar-refractivity contribution in [3.63, 3.8) is 0 Å². The Bertz CT molecular complexity index is 940. The number of fused-ring (bicyclic) bond motifs is 2. The van der Waals surface area contributed by atoms with Crippen LogP contribution in [0.5, 0.6) is 11.8 Å². The molecule has 4 rings (SSSR count). The van der Waals surface area contributed by atoms with Crippen LogP contribution in [0.1, 0.15) is 0 Å². The van der Waals surface area contributed by atoms with Crippen molar-refractivity contribution in [2.45, 2.75) is 0 Å². The number of aromatic nitrogens is 3. The van der Waals surface area contributed by atoms with Crippen LogP contribution < -0.4 is 10.5 Å². The van der Waals surface area contributed by atoms with Crippen LogP contribution in [-0.4, -0.2) is 15.0 Å². The second kappa shape index (κ2) is 4.49. The molecule has 2 heterocycles. The highest BCUT2D eigenvalue weighted by Crippen LogP contribution is 2.28. The summed E-state index contributed by atoms with van der Waals surface area (Å²) in [6, 6.07) is 15.5. The predicted octanol–water partition coefficient (Wildman–Crippen LogP) is 3.49. The van der Waals surface area contributed by atoms with E-state index in [1.165, 1.54) is 0 Å². The fourth-order valence-corrected chi connectivity index (χ4v) is 2.32. The zero-order chi connectivity index (χ0) is 14.2. The van der Waals surface area contributed by atoms with Gasteiger partial charge in [0.1, 0.15) is 5.75 Å². The van der Waals surface area contributed by atoms with Gasteiger partial charge < -0.3 is 15.5 Å². The second-order valence-electron chi connectivity index (χ2n) is 4.75. The lowest BCUT2D eigenvalue weighted by Crippen LogP contribution is -1.88. The van der Waals surface area contributed by atoms with Gasteiger partial charge in [0.2, 0.25) is 0 Å². The Balaban J connectivity index is 1.79.